The van der Waals surface area contributed by atoms with Crippen molar-refractivity contribution >= 4 is 0 Å². The first-order valence-electron chi connectivity index (χ1n) is 6.47. The van der Waals surface area contributed by atoms with E-state index >= 15 is 0 Å². The van der Waals surface area contributed by atoms with Gasteiger partial charge >= 0.3 is 0 Å². The topological polar surface area (TPSA) is 29.3 Å². The molecule has 1 aliphatic heterocycles. The number of nitrogens with zero attached hydrogens (tertiary/aromatic N) is 1. The van der Waals surface area contributed by atoms with Gasteiger partial charge in [0, 0.05) is 18.7 Å². The lowest BCUT2D eigenvalue weighted by atomic mass is 9.91. The van der Waals surface area contributed by atoms with Crippen LogP contribution in [0, 0.1) is 17.6 Å². The second-order valence-corrected chi connectivity index (χ2v) is 5.25. The molecule has 0 bridgehead atoms. The number of benzene rings is 1. The third kappa shape index (κ3) is 3.50. The molecule has 1 aromatic rings. The van der Waals surface area contributed by atoms with Gasteiger partial charge in [-0.15, -0.1) is 0 Å². The summed E-state index contributed by atoms with van der Waals surface area (Å²) in [4.78, 5) is 2.23. The maximum absolute atomic E-state index is 13.1. The molecule has 2 nitrogen and oxygen atoms in total. The van der Waals surface area contributed by atoms with Crippen molar-refractivity contribution in [3.05, 3.63) is 35.4 Å². The van der Waals surface area contributed by atoms with Gasteiger partial charge in [-0.05, 0) is 56.5 Å². The molecule has 0 amide bonds. The van der Waals surface area contributed by atoms with Crippen LogP contribution in [-0.4, -0.2) is 24.0 Å². The molecule has 1 saturated heterocycles. The number of halogens is 2. The van der Waals surface area contributed by atoms with Crippen molar-refractivity contribution < 1.29 is 8.78 Å². The van der Waals surface area contributed by atoms with E-state index in [1.54, 1.807) is 0 Å². The van der Waals surface area contributed by atoms with E-state index in [1.165, 1.54) is 12.1 Å². The average Bonchev–Trinajstić information content (AvgIpc) is 2.28. The fraction of sp³-hybridized carbons (Fsp3) is 0.571. The quantitative estimate of drug-likeness (QED) is 0.898. The molecule has 1 fully saturated rings. The van der Waals surface area contributed by atoms with Crippen molar-refractivity contribution in [3.8, 4) is 0 Å². The molecule has 1 atom stereocenters. The van der Waals surface area contributed by atoms with E-state index in [1.807, 2.05) is 6.92 Å². The first-order valence-corrected chi connectivity index (χ1v) is 6.47. The van der Waals surface area contributed by atoms with Crippen molar-refractivity contribution in [2.24, 2.45) is 11.7 Å². The Morgan fingerprint density at radius 1 is 1.22 bits per heavy atom. The highest BCUT2D eigenvalue weighted by Gasteiger charge is 2.21. The van der Waals surface area contributed by atoms with Gasteiger partial charge < -0.3 is 5.73 Å². The van der Waals surface area contributed by atoms with Crippen LogP contribution in [0.5, 0.6) is 0 Å². The molecule has 1 aliphatic rings. The van der Waals surface area contributed by atoms with Crippen molar-refractivity contribution in [2.75, 3.05) is 13.1 Å². The lowest BCUT2D eigenvalue weighted by molar-refractivity contribution is 0.165. The van der Waals surface area contributed by atoms with E-state index in [2.05, 4.69) is 4.90 Å². The van der Waals surface area contributed by atoms with Crippen LogP contribution in [0.15, 0.2) is 18.2 Å². The van der Waals surface area contributed by atoms with Crippen LogP contribution in [0.1, 0.15) is 25.3 Å². The van der Waals surface area contributed by atoms with Crippen molar-refractivity contribution in [2.45, 2.75) is 32.4 Å². The predicted molar refractivity (Wildman–Crippen MR) is 68.0 cm³/mol. The highest BCUT2D eigenvalue weighted by atomic mass is 19.1. The molecule has 0 aliphatic carbocycles. The molecule has 0 spiro atoms. The van der Waals surface area contributed by atoms with Crippen molar-refractivity contribution in [1.29, 1.82) is 0 Å². The highest BCUT2D eigenvalue weighted by Crippen LogP contribution is 2.21. The number of nitrogens with two attached hydrogens (primary N) is 1. The molecular formula is C14H20F2N2. The Bertz CT molecular complexity index is 379. The van der Waals surface area contributed by atoms with Crippen LogP contribution in [0.25, 0.3) is 0 Å². The zero-order valence-electron chi connectivity index (χ0n) is 10.7. The van der Waals surface area contributed by atoms with Gasteiger partial charge in [0.05, 0.1) is 0 Å². The SMILES string of the molecule is CC(N)C1CCN(Cc2cc(F)cc(F)c2)CC1. The molecule has 1 unspecified atom stereocenters. The minimum absolute atomic E-state index is 0.235. The van der Waals surface area contributed by atoms with Crippen LogP contribution in [0.4, 0.5) is 8.78 Å². The van der Waals surface area contributed by atoms with Crippen LogP contribution >= 0.6 is 0 Å². The molecule has 4 heteroatoms. The molecule has 2 rings (SSSR count). The van der Waals surface area contributed by atoms with Gasteiger partial charge in [0.1, 0.15) is 11.6 Å². The molecule has 0 saturated carbocycles. The Morgan fingerprint density at radius 3 is 2.28 bits per heavy atom. The van der Waals surface area contributed by atoms with Crippen LogP contribution < -0.4 is 5.73 Å². The summed E-state index contributed by atoms with van der Waals surface area (Å²) in [6, 6.07) is 3.95. The number of hydrogen-bond donors (Lipinski definition) is 1. The normalized spacial score (nSPS) is 20.0. The number of hydrogen-bond acceptors (Lipinski definition) is 2. The summed E-state index contributed by atoms with van der Waals surface area (Å²) >= 11 is 0. The lowest BCUT2D eigenvalue weighted by Crippen LogP contribution is -2.39. The zero-order valence-corrected chi connectivity index (χ0v) is 10.7. The Labute approximate surface area is 107 Å². The summed E-state index contributed by atoms with van der Waals surface area (Å²) in [6.07, 6.45) is 2.13. The summed E-state index contributed by atoms with van der Waals surface area (Å²) in [5.74, 6) is -0.434. The molecular weight excluding hydrogens is 234 g/mol. The average molecular weight is 254 g/mol. The summed E-state index contributed by atoms with van der Waals surface area (Å²) in [6.45, 7) is 4.55. The first kappa shape index (κ1) is 13.4. The summed E-state index contributed by atoms with van der Waals surface area (Å²) in [5.41, 5.74) is 6.59. The fourth-order valence-electron chi connectivity index (χ4n) is 2.60. The Hall–Kier alpha value is -1.00. The third-order valence-electron chi connectivity index (χ3n) is 3.70. The third-order valence-corrected chi connectivity index (χ3v) is 3.70. The monoisotopic (exact) mass is 254 g/mol. The smallest absolute Gasteiger partial charge is 0.126 e. The maximum atomic E-state index is 13.1. The molecule has 100 valence electrons. The van der Waals surface area contributed by atoms with Crippen LogP contribution in [0.3, 0.4) is 0 Å². The number of likely N-dealkylation sites (tertiary alicyclic amines) is 1. The lowest BCUT2D eigenvalue weighted by Gasteiger charge is -2.33. The van der Waals surface area contributed by atoms with Crippen LogP contribution in [-0.2, 0) is 6.54 Å². The van der Waals surface area contributed by atoms with Gasteiger partial charge in [0.15, 0.2) is 0 Å². The summed E-state index contributed by atoms with van der Waals surface area (Å²) in [5, 5.41) is 0. The summed E-state index contributed by atoms with van der Waals surface area (Å²) < 4.78 is 26.2. The molecule has 2 N–H and O–H groups in total. The molecule has 1 aromatic carbocycles. The van der Waals surface area contributed by atoms with E-state index in [4.69, 9.17) is 5.73 Å². The second kappa shape index (κ2) is 5.76. The van der Waals surface area contributed by atoms with Gasteiger partial charge in [0.25, 0.3) is 0 Å². The fourth-order valence-corrected chi connectivity index (χ4v) is 2.60. The number of rotatable bonds is 3. The van der Waals surface area contributed by atoms with Gasteiger partial charge in [-0.25, -0.2) is 8.78 Å². The van der Waals surface area contributed by atoms with Gasteiger partial charge in [-0.3, -0.25) is 4.90 Å². The standard InChI is InChI=1S/C14H20F2N2/c1-10(17)12-2-4-18(5-3-12)9-11-6-13(15)8-14(16)7-11/h6-8,10,12H,2-5,9,17H2,1H3. The van der Waals surface area contributed by atoms with Crippen molar-refractivity contribution in [1.82, 2.24) is 4.90 Å². The van der Waals surface area contributed by atoms with Gasteiger partial charge in [-0.2, -0.15) is 0 Å². The van der Waals surface area contributed by atoms with Crippen molar-refractivity contribution in [3.63, 3.8) is 0 Å². The zero-order chi connectivity index (χ0) is 13.1. The highest BCUT2D eigenvalue weighted by molar-refractivity contribution is 5.17. The second-order valence-electron chi connectivity index (χ2n) is 5.25. The van der Waals surface area contributed by atoms with Gasteiger partial charge in [-0.1, -0.05) is 0 Å². The molecule has 0 aromatic heterocycles. The van der Waals surface area contributed by atoms with E-state index in [0.717, 1.165) is 32.0 Å². The van der Waals surface area contributed by atoms with E-state index < -0.39 is 11.6 Å². The molecule has 1 heterocycles. The van der Waals surface area contributed by atoms with E-state index in [0.29, 0.717) is 18.0 Å². The Morgan fingerprint density at radius 2 is 1.78 bits per heavy atom. The molecule has 18 heavy (non-hydrogen) atoms. The summed E-state index contributed by atoms with van der Waals surface area (Å²) in [7, 11) is 0. The number of piperidine rings is 1. The maximum Gasteiger partial charge on any atom is 0.126 e. The van der Waals surface area contributed by atoms with Crippen LogP contribution in [0.2, 0.25) is 0 Å². The first-order chi connectivity index (χ1) is 8.54. The Balaban J connectivity index is 1.91. The van der Waals surface area contributed by atoms with Gasteiger partial charge in [0.2, 0.25) is 0 Å². The molecule has 0 radical (unpaired) electrons. The minimum Gasteiger partial charge on any atom is -0.328 e. The van der Waals surface area contributed by atoms with E-state index in [-0.39, 0.29) is 6.04 Å². The Kier molecular flexibility index (Phi) is 4.30. The predicted octanol–water partition coefficient (Wildman–Crippen LogP) is 2.52. The minimum atomic E-state index is -0.504. The van der Waals surface area contributed by atoms with E-state index in [9.17, 15) is 8.78 Å². The largest absolute Gasteiger partial charge is 0.328 e.